The van der Waals surface area contributed by atoms with Gasteiger partial charge in [0.25, 0.3) is 5.91 Å². The van der Waals surface area contributed by atoms with Crippen LogP contribution in [0.2, 0.25) is 10.0 Å². The van der Waals surface area contributed by atoms with Crippen molar-refractivity contribution in [2.24, 2.45) is 10.3 Å². The van der Waals surface area contributed by atoms with Crippen LogP contribution in [0.1, 0.15) is 23.6 Å². The fourth-order valence-electron chi connectivity index (χ4n) is 2.51. The number of benzene rings is 2. The molecule has 0 bridgehead atoms. The molecule has 32 heavy (non-hydrogen) atoms. The summed E-state index contributed by atoms with van der Waals surface area (Å²) in [4.78, 5) is 22.5. The van der Waals surface area contributed by atoms with Gasteiger partial charge in [-0.15, -0.1) is 0 Å². The maximum Gasteiger partial charge on any atom is 0.287 e. The lowest BCUT2D eigenvalue weighted by Crippen LogP contribution is -2.36. The SMILES string of the molecule is CON=C(C(=O)NS(C)(=O)=O)c1ccccc1CON=C(C)C=Cc1c(Cl)cccc1Cl. The van der Waals surface area contributed by atoms with Crippen LogP contribution in [0.4, 0.5) is 0 Å². The van der Waals surface area contributed by atoms with Gasteiger partial charge in [0.15, 0.2) is 5.71 Å². The van der Waals surface area contributed by atoms with E-state index in [1.54, 1.807) is 61.5 Å². The van der Waals surface area contributed by atoms with Crippen molar-refractivity contribution in [3.63, 3.8) is 0 Å². The maximum absolute atomic E-state index is 12.4. The number of allylic oxidation sites excluding steroid dienone is 1. The Hall–Kier alpha value is -2.88. The van der Waals surface area contributed by atoms with Gasteiger partial charge in [-0.25, -0.2) is 13.1 Å². The first-order chi connectivity index (χ1) is 15.1. The van der Waals surface area contributed by atoms with Gasteiger partial charge in [0.2, 0.25) is 10.0 Å². The normalized spacial score (nSPS) is 12.7. The van der Waals surface area contributed by atoms with Crippen molar-refractivity contribution >= 4 is 56.6 Å². The van der Waals surface area contributed by atoms with Crippen molar-refractivity contribution in [1.29, 1.82) is 0 Å². The maximum atomic E-state index is 12.4. The van der Waals surface area contributed by atoms with Crippen molar-refractivity contribution in [2.45, 2.75) is 13.5 Å². The minimum Gasteiger partial charge on any atom is -0.398 e. The Bertz CT molecular complexity index is 1160. The number of hydrogen-bond donors (Lipinski definition) is 1. The molecule has 0 aliphatic rings. The summed E-state index contributed by atoms with van der Waals surface area (Å²) in [6.45, 7) is 1.72. The highest BCUT2D eigenvalue weighted by Crippen LogP contribution is 2.25. The number of carbonyl (C=O) groups is 1. The van der Waals surface area contributed by atoms with Gasteiger partial charge in [-0.05, 0) is 25.1 Å². The Morgan fingerprint density at radius 3 is 2.38 bits per heavy atom. The number of oxime groups is 2. The molecule has 170 valence electrons. The van der Waals surface area contributed by atoms with Gasteiger partial charge < -0.3 is 9.68 Å². The Morgan fingerprint density at radius 1 is 1.09 bits per heavy atom. The van der Waals surface area contributed by atoms with E-state index >= 15 is 0 Å². The Morgan fingerprint density at radius 2 is 1.75 bits per heavy atom. The van der Waals surface area contributed by atoms with E-state index in [9.17, 15) is 13.2 Å². The first-order valence-corrected chi connectivity index (χ1v) is 11.8. The third-order valence-corrected chi connectivity index (χ3v) is 5.08. The molecule has 1 amide bonds. The van der Waals surface area contributed by atoms with E-state index < -0.39 is 15.9 Å². The van der Waals surface area contributed by atoms with Crippen molar-refractivity contribution < 1.29 is 22.9 Å². The number of nitrogens with zero attached hydrogens (tertiary/aromatic N) is 2. The van der Waals surface area contributed by atoms with Crippen molar-refractivity contribution in [3.05, 3.63) is 75.3 Å². The average Bonchev–Trinajstić information content (AvgIpc) is 2.71. The summed E-state index contributed by atoms with van der Waals surface area (Å²) in [5, 5.41) is 8.71. The summed E-state index contributed by atoms with van der Waals surface area (Å²) in [7, 11) is -2.54. The molecule has 0 spiro atoms. The molecule has 0 unspecified atom stereocenters. The van der Waals surface area contributed by atoms with Crippen LogP contribution < -0.4 is 4.72 Å². The van der Waals surface area contributed by atoms with Gasteiger partial charge in [-0.2, -0.15) is 0 Å². The third kappa shape index (κ3) is 7.67. The standard InChI is InChI=1S/C21H21Cl2N3O5S/c1-14(11-12-17-18(22)9-6-10-19(17)23)24-31-13-15-7-4-5-8-16(15)20(25-30-2)21(27)26-32(3,28)29/h4-12H,13H2,1-3H3,(H,26,27). The zero-order valence-electron chi connectivity index (χ0n) is 17.5. The predicted molar refractivity (Wildman–Crippen MR) is 126 cm³/mol. The molecule has 0 saturated carbocycles. The zero-order valence-corrected chi connectivity index (χ0v) is 19.8. The lowest BCUT2D eigenvalue weighted by atomic mass is 10.0. The summed E-state index contributed by atoms with van der Waals surface area (Å²) in [5.41, 5.74) is 1.86. The van der Waals surface area contributed by atoms with Gasteiger partial charge in [0.05, 0.1) is 12.0 Å². The fraction of sp³-hybridized carbons (Fsp3) is 0.190. The number of nitrogens with one attached hydrogen (secondary N) is 1. The van der Waals surface area contributed by atoms with E-state index in [1.165, 1.54) is 7.11 Å². The fourth-order valence-corrected chi connectivity index (χ4v) is 3.46. The molecule has 0 aromatic heterocycles. The average molecular weight is 498 g/mol. The van der Waals surface area contributed by atoms with Gasteiger partial charge in [0, 0.05) is 26.7 Å². The van der Waals surface area contributed by atoms with Crippen LogP contribution in [0.3, 0.4) is 0 Å². The van der Waals surface area contributed by atoms with E-state index in [4.69, 9.17) is 32.9 Å². The van der Waals surface area contributed by atoms with E-state index in [-0.39, 0.29) is 12.3 Å². The summed E-state index contributed by atoms with van der Waals surface area (Å²) >= 11 is 12.3. The first-order valence-electron chi connectivity index (χ1n) is 9.12. The number of hydrogen-bond acceptors (Lipinski definition) is 7. The smallest absolute Gasteiger partial charge is 0.287 e. The van der Waals surface area contributed by atoms with E-state index in [0.717, 1.165) is 6.26 Å². The minimum atomic E-state index is -3.79. The van der Waals surface area contributed by atoms with Crippen LogP contribution in [-0.4, -0.2) is 39.1 Å². The predicted octanol–water partition coefficient (Wildman–Crippen LogP) is 4.03. The summed E-state index contributed by atoms with van der Waals surface area (Å²) in [6.07, 6.45) is 4.28. The molecule has 0 heterocycles. The molecule has 2 aromatic carbocycles. The van der Waals surface area contributed by atoms with Crippen LogP contribution in [0.25, 0.3) is 6.08 Å². The third-order valence-electron chi connectivity index (χ3n) is 3.87. The summed E-state index contributed by atoms with van der Waals surface area (Å²) < 4.78 is 24.7. The number of rotatable bonds is 9. The van der Waals surface area contributed by atoms with Crippen molar-refractivity contribution in [1.82, 2.24) is 4.72 Å². The molecule has 0 saturated heterocycles. The molecular formula is C21H21Cl2N3O5S. The van der Waals surface area contributed by atoms with Crippen LogP contribution in [0.5, 0.6) is 0 Å². The van der Waals surface area contributed by atoms with Gasteiger partial charge in [-0.1, -0.05) is 69.9 Å². The molecule has 0 atom stereocenters. The molecule has 8 nitrogen and oxygen atoms in total. The van der Waals surface area contributed by atoms with Crippen LogP contribution >= 0.6 is 23.2 Å². The Balaban J connectivity index is 2.18. The number of halogens is 2. The highest BCUT2D eigenvalue weighted by Gasteiger charge is 2.21. The molecule has 11 heteroatoms. The Labute approximate surface area is 196 Å². The second kappa shape index (κ2) is 11.7. The topological polar surface area (TPSA) is 106 Å². The van der Waals surface area contributed by atoms with Crippen LogP contribution in [0, 0.1) is 0 Å². The first kappa shape index (κ1) is 25.4. The Kier molecular flexibility index (Phi) is 9.25. The monoisotopic (exact) mass is 497 g/mol. The molecule has 0 aliphatic heterocycles. The lowest BCUT2D eigenvalue weighted by Gasteiger charge is -2.10. The second-order valence-corrected chi connectivity index (χ2v) is 9.02. The van der Waals surface area contributed by atoms with Gasteiger partial charge in [0.1, 0.15) is 13.7 Å². The highest BCUT2D eigenvalue weighted by molar-refractivity contribution is 7.89. The highest BCUT2D eigenvalue weighted by atomic mass is 35.5. The number of amides is 1. The summed E-state index contributed by atoms with van der Waals surface area (Å²) in [5.74, 6) is -0.930. The molecule has 0 aliphatic carbocycles. The van der Waals surface area contributed by atoms with E-state index in [2.05, 4.69) is 10.3 Å². The molecule has 2 rings (SSSR count). The van der Waals surface area contributed by atoms with Crippen LogP contribution in [-0.2, 0) is 31.1 Å². The quantitative estimate of drug-likeness (QED) is 0.415. The van der Waals surface area contributed by atoms with Crippen molar-refractivity contribution in [3.8, 4) is 0 Å². The van der Waals surface area contributed by atoms with Crippen molar-refractivity contribution in [2.75, 3.05) is 13.4 Å². The minimum absolute atomic E-state index is 0.0108. The molecule has 0 fully saturated rings. The number of carbonyl (C=O) groups excluding carboxylic acids is 1. The molecular weight excluding hydrogens is 477 g/mol. The zero-order chi connectivity index (χ0) is 23.7. The molecule has 2 aromatic rings. The lowest BCUT2D eigenvalue weighted by molar-refractivity contribution is -0.113. The van der Waals surface area contributed by atoms with Crippen LogP contribution in [0.15, 0.2) is 58.9 Å². The van der Waals surface area contributed by atoms with Gasteiger partial charge >= 0.3 is 0 Å². The molecule has 0 radical (unpaired) electrons. The molecule has 1 N–H and O–H groups in total. The van der Waals surface area contributed by atoms with Gasteiger partial charge in [-0.3, -0.25) is 4.79 Å². The second-order valence-electron chi connectivity index (χ2n) is 6.46. The summed E-state index contributed by atoms with van der Waals surface area (Å²) in [6, 6.07) is 11.9. The van der Waals surface area contributed by atoms with E-state index in [0.29, 0.717) is 32.4 Å². The largest absolute Gasteiger partial charge is 0.398 e. The van der Waals surface area contributed by atoms with E-state index in [1.807, 2.05) is 4.72 Å². The number of sulfonamides is 1.